The minimum atomic E-state index is -0.114. The lowest BCUT2D eigenvalue weighted by Crippen LogP contribution is -2.31. The number of nitrogens with zero attached hydrogens (tertiary/aromatic N) is 1. The summed E-state index contributed by atoms with van der Waals surface area (Å²) in [6.07, 6.45) is 1.95. The zero-order chi connectivity index (χ0) is 18.2. The average molecular weight is 451 g/mol. The number of carbonyl (C=O) groups is 1. The lowest BCUT2D eigenvalue weighted by Gasteiger charge is -2.25. The van der Waals surface area contributed by atoms with Gasteiger partial charge in [0.1, 0.15) is 11.9 Å². The van der Waals surface area contributed by atoms with Crippen molar-refractivity contribution in [3.8, 4) is 5.75 Å². The first-order valence-electron chi connectivity index (χ1n) is 8.18. The first kappa shape index (κ1) is 19.3. The Hall–Kier alpha value is -1.44. The summed E-state index contributed by atoms with van der Waals surface area (Å²) in [6.45, 7) is 0. The summed E-state index contributed by atoms with van der Waals surface area (Å²) in [5.74, 6) is 3.96. The van der Waals surface area contributed by atoms with E-state index in [4.69, 9.17) is 4.74 Å². The van der Waals surface area contributed by atoms with Gasteiger partial charge in [-0.15, -0.1) is 11.8 Å². The monoisotopic (exact) mass is 450 g/mol. The fourth-order valence-corrected chi connectivity index (χ4v) is 4.22. The van der Waals surface area contributed by atoms with E-state index in [9.17, 15) is 4.79 Å². The van der Waals surface area contributed by atoms with Gasteiger partial charge in [-0.3, -0.25) is 4.79 Å². The van der Waals surface area contributed by atoms with Crippen LogP contribution in [0.5, 0.6) is 5.75 Å². The predicted molar refractivity (Wildman–Crippen MR) is 114 cm³/mol. The number of amides is 1. The van der Waals surface area contributed by atoms with E-state index in [-0.39, 0.29) is 5.91 Å². The van der Waals surface area contributed by atoms with Crippen molar-refractivity contribution in [2.24, 2.45) is 5.10 Å². The van der Waals surface area contributed by atoms with Crippen LogP contribution in [0.1, 0.15) is 11.1 Å². The minimum absolute atomic E-state index is 0.114. The highest BCUT2D eigenvalue weighted by atomic mass is 79.9. The van der Waals surface area contributed by atoms with E-state index in [0.29, 0.717) is 11.9 Å². The van der Waals surface area contributed by atoms with Crippen LogP contribution in [-0.4, -0.2) is 35.5 Å². The third-order valence-corrected chi connectivity index (χ3v) is 6.59. The molecule has 3 rings (SSSR count). The second kappa shape index (κ2) is 10.0. The van der Waals surface area contributed by atoms with Gasteiger partial charge in [0.25, 0.3) is 0 Å². The Morgan fingerprint density at radius 3 is 2.92 bits per heavy atom. The fourth-order valence-electron chi connectivity index (χ4n) is 2.22. The van der Waals surface area contributed by atoms with Gasteiger partial charge in [-0.25, -0.2) is 5.43 Å². The number of hydrogen-bond donors (Lipinski definition) is 1. The maximum atomic E-state index is 11.9. The molecular weight excluding hydrogens is 432 g/mol. The van der Waals surface area contributed by atoms with Gasteiger partial charge in [0.15, 0.2) is 0 Å². The van der Waals surface area contributed by atoms with Crippen molar-refractivity contribution in [1.82, 2.24) is 5.43 Å². The lowest BCUT2D eigenvalue weighted by molar-refractivity contribution is -0.118. The van der Waals surface area contributed by atoms with Crippen LogP contribution in [0.25, 0.3) is 0 Å². The van der Waals surface area contributed by atoms with E-state index >= 15 is 0 Å². The van der Waals surface area contributed by atoms with Crippen LogP contribution < -0.4 is 10.2 Å². The molecule has 1 aliphatic heterocycles. The number of hydrazone groups is 1. The molecule has 1 fully saturated rings. The predicted octanol–water partition coefficient (Wildman–Crippen LogP) is 4.33. The van der Waals surface area contributed by atoms with E-state index < -0.39 is 0 Å². The Morgan fingerprint density at radius 2 is 2.15 bits per heavy atom. The topological polar surface area (TPSA) is 50.7 Å². The van der Waals surface area contributed by atoms with Gasteiger partial charge in [-0.2, -0.15) is 16.9 Å². The third-order valence-electron chi connectivity index (χ3n) is 3.62. The van der Waals surface area contributed by atoms with Gasteiger partial charge in [0.05, 0.1) is 12.0 Å². The average Bonchev–Trinajstić information content (AvgIpc) is 2.60. The Bertz CT molecular complexity index is 782. The summed E-state index contributed by atoms with van der Waals surface area (Å²) < 4.78 is 6.91. The molecule has 0 aliphatic carbocycles. The number of rotatable bonds is 8. The zero-order valence-electron chi connectivity index (χ0n) is 14.1. The van der Waals surface area contributed by atoms with Gasteiger partial charge in [0, 0.05) is 21.7 Å². The number of ether oxygens (including phenoxy) is 1. The molecule has 0 saturated carbocycles. The molecule has 1 heterocycles. The zero-order valence-corrected chi connectivity index (χ0v) is 17.3. The summed E-state index contributed by atoms with van der Waals surface area (Å²) in [5.41, 5.74) is 4.64. The van der Waals surface area contributed by atoms with E-state index in [0.717, 1.165) is 33.0 Å². The summed E-state index contributed by atoms with van der Waals surface area (Å²) in [5, 5.41) is 4.03. The highest BCUT2D eigenvalue weighted by Crippen LogP contribution is 2.24. The molecule has 0 aromatic heterocycles. The van der Waals surface area contributed by atoms with Crippen LogP contribution in [0.4, 0.5) is 0 Å². The molecule has 2 aromatic rings. The van der Waals surface area contributed by atoms with E-state index in [1.54, 1.807) is 18.0 Å². The summed E-state index contributed by atoms with van der Waals surface area (Å²) in [6, 6.07) is 15.7. The molecule has 1 saturated heterocycles. The van der Waals surface area contributed by atoms with Crippen molar-refractivity contribution in [3.63, 3.8) is 0 Å². The third kappa shape index (κ3) is 6.07. The Kier molecular flexibility index (Phi) is 7.46. The number of hydrogen-bond acceptors (Lipinski definition) is 5. The van der Waals surface area contributed by atoms with Crippen molar-refractivity contribution >= 4 is 51.6 Å². The molecule has 0 unspecified atom stereocenters. The standard InChI is InChI=1S/C19H19BrN2O2S2/c20-18-7-2-1-5-15(18)10-25-13-19(23)22-21-9-14-4-3-6-16(8-14)24-17-11-26-12-17/h1-9,17H,10-13H2,(H,22,23)/b21-9-. The molecule has 26 heavy (non-hydrogen) atoms. The Balaban J connectivity index is 1.41. The maximum Gasteiger partial charge on any atom is 0.250 e. The van der Waals surface area contributed by atoms with Crippen molar-refractivity contribution in [2.75, 3.05) is 17.3 Å². The molecule has 0 spiro atoms. The highest BCUT2D eigenvalue weighted by Gasteiger charge is 2.19. The summed E-state index contributed by atoms with van der Waals surface area (Å²) >= 11 is 6.95. The first-order valence-corrected chi connectivity index (χ1v) is 11.3. The SMILES string of the molecule is O=C(CSCc1ccccc1Br)N/N=C\c1cccc(OC2CSC2)c1. The Morgan fingerprint density at radius 1 is 1.31 bits per heavy atom. The van der Waals surface area contributed by atoms with Crippen molar-refractivity contribution < 1.29 is 9.53 Å². The molecule has 4 nitrogen and oxygen atoms in total. The second-order valence-corrected chi connectivity index (χ2v) is 8.64. The highest BCUT2D eigenvalue weighted by molar-refractivity contribution is 9.10. The number of halogens is 1. The van der Waals surface area contributed by atoms with Crippen LogP contribution >= 0.6 is 39.5 Å². The van der Waals surface area contributed by atoms with E-state index in [1.807, 2.05) is 60.3 Å². The molecule has 2 aromatic carbocycles. The normalized spacial score (nSPS) is 14.2. The van der Waals surface area contributed by atoms with Gasteiger partial charge in [0.2, 0.25) is 5.91 Å². The maximum absolute atomic E-state index is 11.9. The molecule has 0 atom stereocenters. The van der Waals surface area contributed by atoms with Gasteiger partial charge in [-0.05, 0) is 29.3 Å². The summed E-state index contributed by atoms with van der Waals surface area (Å²) in [7, 11) is 0. The quantitative estimate of drug-likeness (QED) is 0.480. The van der Waals surface area contributed by atoms with Crippen LogP contribution in [-0.2, 0) is 10.5 Å². The van der Waals surface area contributed by atoms with Crippen molar-refractivity contribution in [3.05, 3.63) is 64.1 Å². The van der Waals surface area contributed by atoms with E-state index in [1.165, 1.54) is 5.56 Å². The Labute approximate surface area is 170 Å². The molecule has 0 radical (unpaired) electrons. The van der Waals surface area contributed by atoms with E-state index in [2.05, 4.69) is 26.5 Å². The number of carbonyl (C=O) groups excluding carboxylic acids is 1. The van der Waals surface area contributed by atoms with Gasteiger partial charge < -0.3 is 4.74 Å². The molecule has 1 N–H and O–H groups in total. The van der Waals surface area contributed by atoms with Crippen LogP contribution in [0, 0.1) is 0 Å². The lowest BCUT2D eigenvalue weighted by atomic mass is 10.2. The van der Waals surface area contributed by atoms with Crippen LogP contribution in [0.2, 0.25) is 0 Å². The van der Waals surface area contributed by atoms with Gasteiger partial charge in [-0.1, -0.05) is 46.3 Å². The van der Waals surface area contributed by atoms with Crippen LogP contribution in [0.15, 0.2) is 58.1 Å². The molecule has 0 bridgehead atoms. The molecule has 7 heteroatoms. The molecule has 136 valence electrons. The molecular formula is C19H19BrN2O2S2. The molecule has 1 amide bonds. The number of benzene rings is 2. The fraction of sp³-hybridized carbons (Fsp3) is 0.263. The minimum Gasteiger partial charge on any atom is -0.489 e. The second-order valence-electron chi connectivity index (χ2n) is 5.73. The number of thioether (sulfide) groups is 2. The van der Waals surface area contributed by atoms with Crippen LogP contribution in [0.3, 0.4) is 0 Å². The number of nitrogens with one attached hydrogen (secondary N) is 1. The smallest absolute Gasteiger partial charge is 0.250 e. The van der Waals surface area contributed by atoms with Gasteiger partial charge >= 0.3 is 0 Å². The summed E-state index contributed by atoms with van der Waals surface area (Å²) in [4.78, 5) is 11.9. The van der Waals surface area contributed by atoms with Crippen molar-refractivity contribution in [2.45, 2.75) is 11.9 Å². The molecule has 1 aliphatic rings. The van der Waals surface area contributed by atoms with Crippen molar-refractivity contribution in [1.29, 1.82) is 0 Å². The largest absolute Gasteiger partial charge is 0.489 e. The first-order chi connectivity index (χ1) is 12.7.